The van der Waals surface area contributed by atoms with Crippen LogP contribution in [0.15, 0.2) is 90.2 Å². The summed E-state index contributed by atoms with van der Waals surface area (Å²) < 4.78 is 0. The van der Waals surface area contributed by atoms with Gasteiger partial charge in [-0.15, -0.1) is 0 Å². The van der Waals surface area contributed by atoms with Crippen LogP contribution in [0.5, 0.6) is 0 Å². The molecule has 0 amide bonds. The minimum absolute atomic E-state index is 0.00948. The van der Waals surface area contributed by atoms with Gasteiger partial charge in [-0.05, 0) is 57.9 Å². The molecule has 1 aromatic rings. The number of carbonyl (C=O) groups is 2. The molecule has 0 aliphatic heterocycles. The van der Waals surface area contributed by atoms with Crippen molar-refractivity contribution in [3.8, 4) is 0 Å². The summed E-state index contributed by atoms with van der Waals surface area (Å²) in [6.45, 7) is 6.82. The molecule has 0 aromatic heterocycles. The van der Waals surface area contributed by atoms with E-state index in [0.29, 0.717) is 5.57 Å². The SMILES string of the molecule is C/C=C(/C=C\C(=C/C)N(CC)c1ccccc1)C(=O)C1C=CC=CC1C(=O)C1CCC1. The number of ketones is 2. The van der Waals surface area contributed by atoms with E-state index in [9.17, 15) is 9.59 Å². The lowest BCUT2D eigenvalue weighted by Crippen LogP contribution is -2.35. The summed E-state index contributed by atoms with van der Waals surface area (Å²) in [6, 6.07) is 10.2. The Morgan fingerprint density at radius 2 is 1.65 bits per heavy atom. The fourth-order valence-corrected chi connectivity index (χ4v) is 4.25. The highest BCUT2D eigenvalue weighted by Gasteiger charge is 2.37. The predicted octanol–water partition coefficient (Wildman–Crippen LogP) is 6.22. The third kappa shape index (κ3) is 5.22. The van der Waals surface area contributed by atoms with Gasteiger partial charge in [-0.2, -0.15) is 0 Å². The van der Waals surface area contributed by atoms with Crippen molar-refractivity contribution in [3.63, 3.8) is 0 Å². The number of Topliss-reactive ketones (excluding diaryl/α,β-unsaturated/α-hetero) is 2. The number of hydrogen-bond donors (Lipinski definition) is 0. The van der Waals surface area contributed by atoms with Crippen LogP contribution in [0.25, 0.3) is 0 Å². The molecule has 1 fully saturated rings. The summed E-state index contributed by atoms with van der Waals surface area (Å²) in [5.41, 5.74) is 2.78. The molecule has 2 unspecified atom stereocenters. The van der Waals surface area contributed by atoms with Crippen molar-refractivity contribution in [1.29, 1.82) is 0 Å². The highest BCUT2D eigenvalue weighted by molar-refractivity contribution is 6.04. The summed E-state index contributed by atoms with van der Waals surface area (Å²) in [5.74, 6) is -0.405. The van der Waals surface area contributed by atoms with Gasteiger partial charge < -0.3 is 4.90 Å². The molecule has 2 aliphatic rings. The second-order valence-electron chi connectivity index (χ2n) is 8.09. The minimum Gasteiger partial charge on any atom is -0.342 e. The summed E-state index contributed by atoms with van der Waals surface area (Å²) in [7, 11) is 0. The molecule has 0 bridgehead atoms. The van der Waals surface area contributed by atoms with Crippen LogP contribution in [0.1, 0.15) is 40.0 Å². The van der Waals surface area contributed by atoms with Crippen molar-refractivity contribution in [2.45, 2.75) is 40.0 Å². The molecule has 162 valence electrons. The lowest BCUT2D eigenvalue weighted by atomic mass is 9.71. The van der Waals surface area contributed by atoms with Crippen molar-refractivity contribution in [1.82, 2.24) is 0 Å². The molecular formula is C28H33NO2. The minimum atomic E-state index is -0.417. The molecule has 2 atom stereocenters. The lowest BCUT2D eigenvalue weighted by Gasteiger charge is -2.30. The van der Waals surface area contributed by atoms with E-state index in [1.54, 1.807) is 0 Å². The number of allylic oxidation sites excluding steroid dienone is 9. The summed E-state index contributed by atoms with van der Waals surface area (Å²) in [5, 5.41) is 0. The summed E-state index contributed by atoms with van der Waals surface area (Å²) in [4.78, 5) is 28.5. The van der Waals surface area contributed by atoms with Gasteiger partial charge >= 0.3 is 0 Å². The van der Waals surface area contributed by atoms with Crippen molar-refractivity contribution in [3.05, 3.63) is 90.2 Å². The topological polar surface area (TPSA) is 37.4 Å². The zero-order chi connectivity index (χ0) is 22.2. The Morgan fingerprint density at radius 1 is 0.968 bits per heavy atom. The van der Waals surface area contributed by atoms with Crippen LogP contribution in [0.2, 0.25) is 0 Å². The Kier molecular flexibility index (Phi) is 8.00. The van der Waals surface area contributed by atoms with Crippen molar-refractivity contribution in [2.24, 2.45) is 17.8 Å². The smallest absolute Gasteiger partial charge is 0.170 e. The van der Waals surface area contributed by atoms with Gasteiger partial charge in [-0.3, -0.25) is 9.59 Å². The number of nitrogens with zero attached hydrogens (tertiary/aromatic N) is 1. The maximum atomic E-state index is 13.4. The van der Waals surface area contributed by atoms with Gasteiger partial charge in [0.2, 0.25) is 0 Å². The average molecular weight is 416 g/mol. The second-order valence-corrected chi connectivity index (χ2v) is 8.09. The first-order chi connectivity index (χ1) is 15.1. The van der Waals surface area contributed by atoms with Gasteiger partial charge in [0, 0.05) is 35.3 Å². The molecule has 0 N–H and O–H groups in total. The van der Waals surface area contributed by atoms with Gasteiger partial charge in [-0.1, -0.05) is 61.1 Å². The van der Waals surface area contributed by atoms with Crippen LogP contribution in [0.3, 0.4) is 0 Å². The third-order valence-corrected chi connectivity index (χ3v) is 6.29. The number of benzene rings is 1. The molecule has 0 heterocycles. The van der Waals surface area contributed by atoms with Crippen LogP contribution in [-0.4, -0.2) is 18.1 Å². The molecule has 31 heavy (non-hydrogen) atoms. The van der Waals surface area contributed by atoms with E-state index < -0.39 is 5.92 Å². The number of rotatable bonds is 9. The molecule has 2 aliphatic carbocycles. The first-order valence-corrected chi connectivity index (χ1v) is 11.4. The molecule has 3 rings (SSSR count). The second kappa shape index (κ2) is 10.9. The molecule has 0 radical (unpaired) electrons. The Morgan fingerprint density at radius 3 is 2.19 bits per heavy atom. The molecule has 3 nitrogen and oxygen atoms in total. The van der Waals surface area contributed by atoms with Crippen LogP contribution in [0, 0.1) is 17.8 Å². The number of hydrogen-bond acceptors (Lipinski definition) is 3. The van der Waals surface area contributed by atoms with Crippen LogP contribution >= 0.6 is 0 Å². The number of anilines is 1. The van der Waals surface area contributed by atoms with Gasteiger partial charge in [-0.25, -0.2) is 0 Å². The molecule has 1 saturated carbocycles. The zero-order valence-electron chi connectivity index (χ0n) is 18.8. The first-order valence-electron chi connectivity index (χ1n) is 11.4. The molecule has 3 heteroatoms. The Hall–Kier alpha value is -2.94. The summed E-state index contributed by atoms with van der Waals surface area (Å²) in [6.07, 6.45) is 18.4. The van der Waals surface area contributed by atoms with E-state index in [4.69, 9.17) is 0 Å². The third-order valence-electron chi connectivity index (χ3n) is 6.29. The average Bonchev–Trinajstić information content (AvgIpc) is 2.78. The molecule has 0 spiro atoms. The van der Waals surface area contributed by atoms with Gasteiger partial charge in [0.1, 0.15) is 5.78 Å². The molecule has 0 saturated heterocycles. The Balaban J connectivity index is 1.78. The van der Waals surface area contributed by atoms with E-state index >= 15 is 0 Å². The van der Waals surface area contributed by atoms with E-state index in [1.165, 1.54) is 0 Å². The fraction of sp³-hybridized carbons (Fsp3) is 0.357. The standard InChI is InChI=1S/C28H33NO2/c1-4-21(19-20-23(5-2)29(6-3)24-15-8-7-9-16-24)27(30)25-17-10-11-18-26(25)28(31)22-13-12-14-22/h4-5,7-11,15-20,22,25-26H,6,12-14H2,1-3H3/b20-19-,21-4-,23-5+. The summed E-state index contributed by atoms with van der Waals surface area (Å²) >= 11 is 0. The largest absolute Gasteiger partial charge is 0.342 e. The lowest BCUT2D eigenvalue weighted by molar-refractivity contribution is -0.132. The molecular weight excluding hydrogens is 382 g/mol. The zero-order valence-corrected chi connectivity index (χ0v) is 18.8. The molecule has 1 aromatic carbocycles. The van der Waals surface area contributed by atoms with Crippen LogP contribution in [0.4, 0.5) is 5.69 Å². The van der Waals surface area contributed by atoms with Crippen molar-refractivity contribution >= 4 is 17.3 Å². The fourth-order valence-electron chi connectivity index (χ4n) is 4.25. The Labute approximate surface area is 186 Å². The van der Waals surface area contributed by atoms with E-state index in [1.807, 2.05) is 74.6 Å². The van der Waals surface area contributed by atoms with E-state index in [0.717, 1.165) is 37.2 Å². The number of likely N-dealkylation sites (N-methyl/N-ethyl adjacent to an activating group) is 1. The number of para-hydroxylation sites is 1. The van der Waals surface area contributed by atoms with Crippen LogP contribution in [-0.2, 0) is 9.59 Å². The highest BCUT2D eigenvalue weighted by atomic mass is 16.1. The normalized spacial score (nSPS) is 21.9. The van der Waals surface area contributed by atoms with Gasteiger partial charge in [0.25, 0.3) is 0 Å². The van der Waals surface area contributed by atoms with E-state index in [-0.39, 0.29) is 23.4 Å². The highest BCUT2D eigenvalue weighted by Crippen LogP contribution is 2.35. The van der Waals surface area contributed by atoms with E-state index in [2.05, 4.69) is 30.0 Å². The van der Waals surface area contributed by atoms with Gasteiger partial charge in [0.05, 0.1) is 5.92 Å². The monoisotopic (exact) mass is 415 g/mol. The van der Waals surface area contributed by atoms with Crippen LogP contribution < -0.4 is 4.90 Å². The van der Waals surface area contributed by atoms with Crippen molar-refractivity contribution < 1.29 is 9.59 Å². The maximum Gasteiger partial charge on any atom is 0.170 e. The maximum absolute atomic E-state index is 13.4. The quantitative estimate of drug-likeness (QED) is 0.355. The Bertz CT molecular complexity index is 929. The predicted molar refractivity (Wildman–Crippen MR) is 129 cm³/mol. The van der Waals surface area contributed by atoms with Crippen molar-refractivity contribution in [2.75, 3.05) is 11.4 Å². The first kappa shape index (κ1) is 22.7. The number of carbonyl (C=O) groups excluding carboxylic acids is 2. The van der Waals surface area contributed by atoms with Gasteiger partial charge in [0.15, 0.2) is 5.78 Å².